The summed E-state index contributed by atoms with van der Waals surface area (Å²) in [5, 5.41) is 19.1. The van der Waals surface area contributed by atoms with E-state index in [1.165, 1.54) is 5.56 Å². The highest BCUT2D eigenvalue weighted by Gasteiger charge is 2.31. The molecule has 2 atom stereocenters. The van der Waals surface area contributed by atoms with Crippen LogP contribution in [-0.4, -0.2) is 50.0 Å². The number of fused-ring (bicyclic) bond motifs is 6. The van der Waals surface area contributed by atoms with Crippen LogP contribution in [0.3, 0.4) is 0 Å². The number of amides is 1. The van der Waals surface area contributed by atoms with Crippen molar-refractivity contribution in [1.29, 1.82) is 0 Å². The van der Waals surface area contributed by atoms with E-state index in [-0.39, 0.29) is 11.8 Å². The average Bonchev–Trinajstić information content (AvgIpc) is 3.39. The lowest BCUT2D eigenvalue weighted by molar-refractivity contribution is -0.141. The molecule has 0 unspecified atom stereocenters. The fraction of sp³-hybridized carbons (Fsp3) is 0.394. The Hall–Kier alpha value is -4.20. The Kier molecular flexibility index (Phi) is 7.24. The number of aromatic nitrogens is 3. The molecule has 4 heterocycles. The van der Waals surface area contributed by atoms with Gasteiger partial charge in [0.15, 0.2) is 0 Å². The summed E-state index contributed by atoms with van der Waals surface area (Å²) in [5.74, 6) is -1.18. The Bertz CT molecular complexity index is 1640. The number of carboxylic acids is 1. The highest BCUT2D eigenvalue weighted by atomic mass is 16.5. The lowest BCUT2D eigenvalue weighted by Crippen LogP contribution is -2.36. The Morgan fingerprint density at radius 3 is 2.71 bits per heavy atom. The molecule has 1 amide bonds. The topological polar surface area (TPSA) is 97.5 Å². The number of hydrogen-bond donors (Lipinski definition) is 1. The van der Waals surface area contributed by atoms with Crippen LogP contribution in [0.15, 0.2) is 48.5 Å². The minimum atomic E-state index is -0.851. The maximum atomic E-state index is 13.7. The van der Waals surface area contributed by atoms with Gasteiger partial charge < -0.3 is 14.7 Å². The second-order valence-electron chi connectivity index (χ2n) is 11.5. The number of carboxylic acid groups (broad SMARTS) is 1. The smallest absolute Gasteiger partial charge is 0.307 e. The third kappa shape index (κ3) is 5.07. The SMILES string of the molecule is Cc1ccc2cc1C(=O)N1CCc3ccc(cc3C1)[C@H]([C@@H](C)C(=O)O)c1ccc3c(nnn3CCCCCO2)c1C. The first-order chi connectivity index (χ1) is 19.8. The zero-order chi connectivity index (χ0) is 28.7. The summed E-state index contributed by atoms with van der Waals surface area (Å²) in [6.07, 6.45) is 3.55. The molecule has 0 spiro atoms. The molecule has 0 saturated heterocycles. The fourth-order valence-corrected chi connectivity index (χ4v) is 6.33. The van der Waals surface area contributed by atoms with Gasteiger partial charge in [0.2, 0.25) is 0 Å². The van der Waals surface area contributed by atoms with Crippen LogP contribution in [0.2, 0.25) is 0 Å². The van der Waals surface area contributed by atoms with E-state index < -0.39 is 11.9 Å². The molecule has 0 fully saturated rings. The maximum absolute atomic E-state index is 13.7. The van der Waals surface area contributed by atoms with Gasteiger partial charge in [-0.15, -0.1) is 5.10 Å². The number of aliphatic carboxylic acids is 1. The second-order valence-corrected chi connectivity index (χ2v) is 11.5. The summed E-state index contributed by atoms with van der Waals surface area (Å²) in [4.78, 5) is 28.0. The molecule has 212 valence electrons. The van der Waals surface area contributed by atoms with Gasteiger partial charge in [-0.2, -0.15) is 0 Å². The van der Waals surface area contributed by atoms with E-state index in [1.807, 2.05) is 53.8 Å². The Balaban J connectivity index is 1.46. The van der Waals surface area contributed by atoms with Crippen molar-refractivity contribution in [2.45, 2.75) is 65.5 Å². The van der Waals surface area contributed by atoms with Crippen LogP contribution in [0.1, 0.15) is 75.8 Å². The highest BCUT2D eigenvalue weighted by Crippen LogP contribution is 2.38. The van der Waals surface area contributed by atoms with Crippen molar-refractivity contribution >= 4 is 22.9 Å². The van der Waals surface area contributed by atoms with Gasteiger partial charge in [-0.1, -0.05) is 42.5 Å². The number of rotatable bonds is 2. The number of aryl methyl sites for hydroxylation is 3. The van der Waals surface area contributed by atoms with Gasteiger partial charge in [0.25, 0.3) is 5.91 Å². The van der Waals surface area contributed by atoms with Crippen LogP contribution >= 0.6 is 0 Å². The minimum absolute atomic E-state index is 0.00554. The van der Waals surface area contributed by atoms with E-state index in [1.54, 1.807) is 6.92 Å². The lowest BCUT2D eigenvalue weighted by atomic mass is 9.78. The Morgan fingerprint density at radius 2 is 1.88 bits per heavy atom. The zero-order valence-corrected chi connectivity index (χ0v) is 23.9. The zero-order valence-electron chi connectivity index (χ0n) is 23.9. The predicted octanol–water partition coefficient (Wildman–Crippen LogP) is 5.66. The summed E-state index contributed by atoms with van der Waals surface area (Å²) in [7, 11) is 0. The quantitative estimate of drug-likeness (QED) is 0.345. The summed E-state index contributed by atoms with van der Waals surface area (Å²) in [6, 6.07) is 16.1. The van der Waals surface area contributed by atoms with Gasteiger partial charge in [-0.05, 0) is 91.1 Å². The lowest BCUT2D eigenvalue weighted by Gasteiger charge is -2.31. The van der Waals surface area contributed by atoms with Crippen LogP contribution in [-0.2, 0) is 24.3 Å². The molecule has 0 radical (unpaired) electrons. The Labute approximate surface area is 239 Å². The van der Waals surface area contributed by atoms with Crippen molar-refractivity contribution in [3.05, 3.63) is 87.5 Å². The molecule has 7 rings (SSSR count). The van der Waals surface area contributed by atoms with E-state index >= 15 is 0 Å². The average molecular weight is 553 g/mol. The van der Waals surface area contributed by atoms with E-state index in [4.69, 9.17) is 4.74 Å². The molecule has 9 bridgehead atoms. The molecule has 1 aromatic heterocycles. The largest absolute Gasteiger partial charge is 0.494 e. The number of carbonyl (C=O) groups excluding carboxylic acids is 1. The van der Waals surface area contributed by atoms with Crippen LogP contribution in [0.4, 0.5) is 0 Å². The standard InChI is InChI=1S/C33H36N4O4/c1-20-7-10-26-18-28(20)32(38)36-15-13-23-8-9-24(17-25(23)19-36)30(22(3)33(39)40)27-11-12-29-31(21(27)2)34-35-37(29)14-5-4-6-16-41-26/h7-12,17-18,22,30H,4-6,13-16,19H2,1-3H3,(H,39,40)/t22-,30+/m1/s1. The Morgan fingerprint density at radius 1 is 1.02 bits per heavy atom. The predicted molar refractivity (Wildman–Crippen MR) is 156 cm³/mol. The number of carbonyl (C=O) groups is 2. The molecule has 3 aliphatic heterocycles. The van der Waals surface area contributed by atoms with Crippen molar-refractivity contribution < 1.29 is 19.4 Å². The summed E-state index contributed by atoms with van der Waals surface area (Å²) < 4.78 is 7.98. The van der Waals surface area contributed by atoms with Crippen molar-refractivity contribution in [3.8, 4) is 5.75 Å². The van der Waals surface area contributed by atoms with Gasteiger partial charge in [0.1, 0.15) is 11.3 Å². The molecule has 3 aliphatic rings. The van der Waals surface area contributed by atoms with E-state index in [0.717, 1.165) is 71.1 Å². The molecule has 41 heavy (non-hydrogen) atoms. The van der Waals surface area contributed by atoms with Crippen LogP contribution < -0.4 is 4.74 Å². The first kappa shape index (κ1) is 27.0. The van der Waals surface area contributed by atoms with Gasteiger partial charge >= 0.3 is 5.97 Å². The van der Waals surface area contributed by atoms with E-state index in [2.05, 4.69) is 28.5 Å². The fourth-order valence-electron chi connectivity index (χ4n) is 6.33. The molecular weight excluding hydrogens is 516 g/mol. The number of ether oxygens (including phenoxy) is 1. The molecule has 8 nitrogen and oxygen atoms in total. The van der Waals surface area contributed by atoms with E-state index in [0.29, 0.717) is 31.0 Å². The van der Waals surface area contributed by atoms with Crippen molar-refractivity contribution in [3.63, 3.8) is 0 Å². The third-order valence-corrected chi connectivity index (χ3v) is 8.82. The van der Waals surface area contributed by atoms with Gasteiger partial charge in [-0.25, -0.2) is 4.68 Å². The van der Waals surface area contributed by atoms with Crippen LogP contribution in [0, 0.1) is 19.8 Å². The molecule has 4 aromatic rings. The maximum Gasteiger partial charge on any atom is 0.307 e. The van der Waals surface area contributed by atoms with Crippen LogP contribution in [0.25, 0.3) is 11.0 Å². The van der Waals surface area contributed by atoms with Crippen LogP contribution in [0.5, 0.6) is 5.75 Å². The first-order valence-electron chi connectivity index (χ1n) is 14.5. The van der Waals surface area contributed by atoms with Crippen molar-refractivity contribution in [2.75, 3.05) is 13.2 Å². The molecule has 0 saturated carbocycles. The van der Waals surface area contributed by atoms with Gasteiger partial charge in [-0.3, -0.25) is 9.59 Å². The second kappa shape index (κ2) is 11.0. The summed E-state index contributed by atoms with van der Waals surface area (Å²) in [5.41, 5.74) is 8.44. The highest BCUT2D eigenvalue weighted by molar-refractivity contribution is 5.96. The molecule has 1 N–H and O–H groups in total. The van der Waals surface area contributed by atoms with Gasteiger partial charge in [0.05, 0.1) is 18.0 Å². The molecule has 3 aromatic carbocycles. The molecular formula is C33H36N4O4. The van der Waals surface area contributed by atoms with Crippen molar-refractivity contribution in [2.24, 2.45) is 5.92 Å². The molecule has 0 aliphatic carbocycles. The monoisotopic (exact) mass is 552 g/mol. The summed E-state index contributed by atoms with van der Waals surface area (Å²) in [6.45, 7) is 8.18. The summed E-state index contributed by atoms with van der Waals surface area (Å²) >= 11 is 0. The molecule has 8 heteroatoms. The van der Waals surface area contributed by atoms with Crippen molar-refractivity contribution in [1.82, 2.24) is 19.9 Å². The van der Waals surface area contributed by atoms with E-state index in [9.17, 15) is 14.7 Å². The first-order valence-corrected chi connectivity index (χ1v) is 14.5. The number of hydrogen-bond acceptors (Lipinski definition) is 5. The minimum Gasteiger partial charge on any atom is -0.494 e. The number of benzene rings is 3. The van der Waals surface area contributed by atoms with Gasteiger partial charge in [0, 0.05) is 31.1 Å². The number of nitrogens with zero attached hydrogens (tertiary/aromatic N) is 4. The third-order valence-electron chi connectivity index (χ3n) is 8.82. The normalized spacial score (nSPS) is 18.4.